The van der Waals surface area contributed by atoms with Crippen LogP contribution in [-0.2, 0) is 0 Å². The Kier molecular flexibility index (Phi) is 5.01. The van der Waals surface area contributed by atoms with E-state index >= 15 is 0 Å². The van der Waals surface area contributed by atoms with Gasteiger partial charge < -0.3 is 0 Å². The lowest BCUT2D eigenvalue weighted by atomic mass is 9.69. The van der Waals surface area contributed by atoms with Crippen molar-refractivity contribution in [3.8, 4) is 0 Å². The van der Waals surface area contributed by atoms with Gasteiger partial charge in [0.25, 0.3) is 0 Å². The van der Waals surface area contributed by atoms with Gasteiger partial charge in [0.2, 0.25) is 0 Å². The molecule has 0 saturated heterocycles. The van der Waals surface area contributed by atoms with Crippen molar-refractivity contribution >= 4 is 0 Å². The Morgan fingerprint density at radius 2 is 1.79 bits per heavy atom. The summed E-state index contributed by atoms with van der Waals surface area (Å²) in [6.07, 6.45) is 11.9. The molecule has 2 rings (SSSR count). The van der Waals surface area contributed by atoms with Gasteiger partial charge in [-0.05, 0) is 54.3 Å². The summed E-state index contributed by atoms with van der Waals surface area (Å²) >= 11 is 0. The highest BCUT2D eigenvalue weighted by molar-refractivity contribution is 4.99. The minimum absolute atomic E-state index is 0.602. The van der Waals surface area contributed by atoms with Gasteiger partial charge in [-0.15, -0.1) is 0 Å². The Bertz CT molecular complexity index is 272. The minimum atomic E-state index is 0.602. The van der Waals surface area contributed by atoms with E-state index in [0.29, 0.717) is 5.41 Å². The van der Waals surface area contributed by atoms with E-state index in [1.165, 1.54) is 51.4 Å². The van der Waals surface area contributed by atoms with E-state index in [-0.39, 0.29) is 0 Å². The van der Waals surface area contributed by atoms with E-state index in [4.69, 9.17) is 0 Å². The van der Waals surface area contributed by atoms with E-state index in [2.05, 4.69) is 34.6 Å². The fourth-order valence-electron chi connectivity index (χ4n) is 4.41. The van der Waals surface area contributed by atoms with Crippen molar-refractivity contribution < 1.29 is 0 Å². The van der Waals surface area contributed by atoms with Gasteiger partial charge in [0.05, 0.1) is 0 Å². The molecule has 0 aromatic heterocycles. The molecular formula is C19H36. The molecule has 2 fully saturated rings. The first-order valence-electron chi connectivity index (χ1n) is 8.95. The largest absolute Gasteiger partial charge is 0.0654 e. The molecule has 0 heterocycles. The summed E-state index contributed by atoms with van der Waals surface area (Å²) in [6, 6.07) is 0. The van der Waals surface area contributed by atoms with Crippen molar-refractivity contribution in [2.24, 2.45) is 35.0 Å². The van der Waals surface area contributed by atoms with Gasteiger partial charge in [-0.3, -0.25) is 0 Å². The SMILES string of the molecule is CCCC(CCC1CC1)C(C)(C)C1CC1CC(C)C. The number of hydrogen-bond acceptors (Lipinski definition) is 0. The third kappa shape index (κ3) is 4.23. The van der Waals surface area contributed by atoms with E-state index in [1.54, 1.807) is 0 Å². The average molecular weight is 264 g/mol. The first-order chi connectivity index (χ1) is 8.95. The Morgan fingerprint density at radius 1 is 1.11 bits per heavy atom. The monoisotopic (exact) mass is 264 g/mol. The first kappa shape index (κ1) is 15.4. The molecule has 2 saturated carbocycles. The van der Waals surface area contributed by atoms with Gasteiger partial charge in [0.15, 0.2) is 0 Å². The van der Waals surface area contributed by atoms with Crippen LogP contribution in [0.1, 0.15) is 86.0 Å². The second kappa shape index (κ2) is 6.19. The van der Waals surface area contributed by atoms with Crippen molar-refractivity contribution in [2.45, 2.75) is 86.0 Å². The summed E-state index contributed by atoms with van der Waals surface area (Å²) in [6.45, 7) is 12.3. The fourth-order valence-corrected chi connectivity index (χ4v) is 4.41. The van der Waals surface area contributed by atoms with Gasteiger partial charge in [0, 0.05) is 0 Å². The van der Waals surface area contributed by atoms with Crippen LogP contribution in [0.5, 0.6) is 0 Å². The van der Waals surface area contributed by atoms with Crippen LogP contribution in [0, 0.1) is 35.0 Å². The molecule has 2 aliphatic rings. The van der Waals surface area contributed by atoms with Crippen LogP contribution in [0.2, 0.25) is 0 Å². The average Bonchev–Trinajstić information content (AvgIpc) is 3.16. The van der Waals surface area contributed by atoms with Crippen molar-refractivity contribution in [1.29, 1.82) is 0 Å². The highest BCUT2D eigenvalue weighted by Crippen LogP contribution is 2.58. The lowest BCUT2D eigenvalue weighted by molar-refractivity contribution is 0.138. The predicted octanol–water partition coefficient (Wildman–Crippen LogP) is 6.30. The summed E-state index contributed by atoms with van der Waals surface area (Å²) in [4.78, 5) is 0. The molecule has 0 bridgehead atoms. The topological polar surface area (TPSA) is 0 Å². The highest BCUT2D eigenvalue weighted by atomic mass is 14.5. The number of rotatable bonds is 9. The second-order valence-electron chi connectivity index (χ2n) is 8.56. The van der Waals surface area contributed by atoms with Gasteiger partial charge in [0.1, 0.15) is 0 Å². The molecule has 0 radical (unpaired) electrons. The molecule has 3 atom stereocenters. The van der Waals surface area contributed by atoms with Crippen LogP contribution in [-0.4, -0.2) is 0 Å². The maximum absolute atomic E-state index is 2.59. The fraction of sp³-hybridized carbons (Fsp3) is 1.00. The predicted molar refractivity (Wildman–Crippen MR) is 85.2 cm³/mol. The lowest BCUT2D eigenvalue weighted by Gasteiger charge is -2.36. The minimum Gasteiger partial charge on any atom is -0.0654 e. The van der Waals surface area contributed by atoms with Crippen molar-refractivity contribution in [1.82, 2.24) is 0 Å². The maximum Gasteiger partial charge on any atom is -0.0295 e. The van der Waals surface area contributed by atoms with E-state index < -0.39 is 0 Å². The summed E-state index contributed by atoms with van der Waals surface area (Å²) < 4.78 is 0. The zero-order chi connectivity index (χ0) is 14.0. The normalized spacial score (nSPS) is 28.7. The Morgan fingerprint density at radius 3 is 2.32 bits per heavy atom. The molecular weight excluding hydrogens is 228 g/mol. The molecule has 0 aromatic carbocycles. The summed E-state index contributed by atoms with van der Waals surface area (Å²) in [5, 5.41) is 0. The summed E-state index contributed by atoms with van der Waals surface area (Å²) in [5.74, 6) is 5.07. The van der Waals surface area contributed by atoms with Crippen LogP contribution < -0.4 is 0 Å². The molecule has 3 unspecified atom stereocenters. The Balaban J connectivity index is 1.86. The standard InChI is InChI=1S/C19H36/c1-6-7-17(11-10-15-8-9-15)19(4,5)18-13-16(18)12-14(2)3/h14-18H,6-13H2,1-5H3. The first-order valence-corrected chi connectivity index (χ1v) is 8.95. The second-order valence-corrected chi connectivity index (χ2v) is 8.56. The van der Waals surface area contributed by atoms with Crippen LogP contribution in [0.3, 0.4) is 0 Å². The van der Waals surface area contributed by atoms with Gasteiger partial charge >= 0.3 is 0 Å². The lowest BCUT2D eigenvalue weighted by Crippen LogP contribution is -2.27. The van der Waals surface area contributed by atoms with Crippen molar-refractivity contribution in [3.63, 3.8) is 0 Å². The summed E-state index contributed by atoms with van der Waals surface area (Å²) in [5.41, 5.74) is 0.602. The molecule has 0 amide bonds. The third-order valence-corrected chi connectivity index (χ3v) is 5.96. The molecule has 0 heteroatoms. The maximum atomic E-state index is 2.59. The van der Waals surface area contributed by atoms with E-state index in [0.717, 1.165) is 29.6 Å². The molecule has 112 valence electrons. The zero-order valence-electron chi connectivity index (χ0n) is 14.0. The Hall–Kier alpha value is 0. The molecule has 0 aliphatic heterocycles. The zero-order valence-corrected chi connectivity index (χ0v) is 14.0. The molecule has 0 spiro atoms. The Labute approximate surface area is 121 Å². The molecule has 0 N–H and O–H groups in total. The molecule has 2 aliphatic carbocycles. The molecule has 19 heavy (non-hydrogen) atoms. The number of hydrogen-bond donors (Lipinski definition) is 0. The van der Waals surface area contributed by atoms with Crippen LogP contribution >= 0.6 is 0 Å². The molecule has 0 aromatic rings. The van der Waals surface area contributed by atoms with Crippen LogP contribution in [0.4, 0.5) is 0 Å². The van der Waals surface area contributed by atoms with Crippen LogP contribution in [0.25, 0.3) is 0 Å². The highest BCUT2D eigenvalue weighted by Gasteiger charge is 2.50. The van der Waals surface area contributed by atoms with E-state index in [9.17, 15) is 0 Å². The van der Waals surface area contributed by atoms with Crippen LogP contribution in [0.15, 0.2) is 0 Å². The quantitative estimate of drug-likeness (QED) is 0.458. The van der Waals surface area contributed by atoms with Crippen molar-refractivity contribution in [3.05, 3.63) is 0 Å². The van der Waals surface area contributed by atoms with Gasteiger partial charge in [-0.1, -0.05) is 66.7 Å². The smallest absolute Gasteiger partial charge is 0.0295 e. The molecule has 0 nitrogen and oxygen atoms in total. The van der Waals surface area contributed by atoms with Crippen molar-refractivity contribution in [2.75, 3.05) is 0 Å². The van der Waals surface area contributed by atoms with E-state index in [1.807, 2.05) is 0 Å². The summed E-state index contributed by atoms with van der Waals surface area (Å²) in [7, 11) is 0. The third-order valence-electron chi connectivity index (χ3n) is 5.96. The van der Waals surface area contributed by atoms with Gasteiger partial charge in [-0.2, -0.15) is 0 Å². The van der Waals surface area contributed by atoms with Gasteiger partial charge in [-0.25, -0.2) is 0 Å².